The van der Waals surface area contributed by atoms with Gasteiger partial charge < -0.3 is 4.90 Å². The largest absolute Gasteiger partial charge is 0.342 e. The number of likely N-dealkylation sites (tertiary alicyclic amines) is 2. The molecule has 4 rings (SSSR count). The summed E-state index contributed by atoms with van der Waals surface area (Å²) in [4.78, 5) is 16.9. The number of hydrogen-bond donors (Lipinski definition) is 0. The van der Waals surface area contributed by atoms with E-state index in [0.717, 1.165) is 32.5 Å². The molecule has 4 atom stereocenters. The van der Waals surface area contributed by atoms with Gasteiger partial charge in [-0.3, -0.25) is 9.69 Å². The number of halogens is 1. The molecule has 0 N–H and O–H groups in total. The molecule has 3 aliphatic rings. The first-order valence-corrected chi connectivity index (χ1v) is 9.68. The van der Waals surface area contributed by atoms with Crippen LogP contribution in [0.1, 0.15) is 31.7 Å². The van der Waals surface area contributed by atoms with E-state index in [2.05, 4.69) is 28.7 Å². The first-order chi connectivity index (χ1) is 11.1. The average molecular weight is 336 g/mol. The van der Waals surface area contributed by atoms with Gasteiger partial charge in [0.25, 0.3) is 0 Å². The van der Waals surface area contributed by atoms with Gasteiger partial charge in [-0.05, 0) is 54.1 Å². The standard InChI is InChI=1S/C18H25FN2OS/c1-13-8-15(13)17(22)21-5-2-16(19)18(12-21)4-6-20(11-18)9-14-3-7-23-10-14/h3,7,10,13,15-16H,2,4-6,8-9,11-12H2,1H3/t13-,15+,16+,18+/m1/s1. The second kappa shape index (κ2) is 5.85. The third-order valence-electron chi connectivity index (χ3n) is 6.01. The van der Waals surface area contributed by atoms with Crippen molar-refractivity contribution in [3.63, 3.8) is 0 Å². The lowest BCUT2D eigenvalue weighted by atomic mass is 9.77. The van der Waals surface area contributed by atoms with Crippen LogP contribution in [0.3, 0.4) is 0 Å². The van der Waals surface area contributed by atoms with Crippen molar-refractivity contribution in [1.29, 1.82) is 0 Å². The number of piperidine rings is 1. The lowest BCUT2D eigenvalue weighted by Gasteiger charge is -2.43. The molecule has 1 aromatic rings. The normalized spacial score (nSPS) is 37.5. The van der Waals surface area contributed by atoms with E-state index in [4.69, 9.17) is 0 Å². The van der Waals surface area contributed by atoms with Gasteiger partial charge in [0.1, 0.15) is 6.17 Å². The highest BCUT2D eigenvalue weighted by molar-refractivity contribution is 7.07. The Bertz CT molecular complexity index is 578. The number of carbonyl (C=O) groups is 1. The van der Waals surface area contributed by atoms with Crippen LogP contribution in [0.2, 0.25) is 0 Å². The first-order valence-electron chi connectivity index (χ1n) is 8.74. The molecule has 0 bridgehead atoms. The second-order valence-electron chi connectivity index (χ2n) is 7.79. The second-order valence-corrected chi connectivity index (χ2v) is 8.57. The molecule has 3 heterocycles. The van der Waals surface area contributed by atoms with E-state index in [0.29, 0.717) is 25.4 Å². The number of thiophene rings is 1. The molecule has 0 radical (unpaired) electrons. The van der Waals surface area contributed by atoms with Gasteiger partial charge in [-0.1, -0.05) is 6.92 Å². The van der Waals surface area contributed by atoms with Gasteiger partial charge in [-0.25, -0.2) is 4.39 Å². The summed E-state index contributed by atoms with van der Waals surface area (Å²) in [5.74, 6) is 1.02. The fourth-order valence-corrected chi connectivity index (χ4v) is 5.03. The molecule has 3 fully saturated rings. The number of nitrogens with zero attached hydrogens (tertiary/aromatic N) is 2. The maximum atomic E-state index is 14.8. The Hall–Kier alpha value is -0.940. The Kier molecular flexibility index (Phi) is 3.96. The number of rotatable bonds is 3. The molecule has 1 aromatic heterocycles. The van der Waals surface area contributed by atoms with Gasteiger partial charge in [-0.2, -0.15) is 11.3 Å². The van der Waals surface area contributed by atoms with E-state index in [1.807, 2.05) is 4.90 Å². The van der Waals surface area contributed by atoms with E-state index in [1.165, 1.54) is 5.56 Å². The zero-order valence-electron chi connectivity index (χ0n) is 13.7. The van der Waals surface area contributed by atoms with E-state index in [-0.39, 0.29) is 17.2 Å². The molecule has 1 amide bonds. The lowest BCUT2D eigenvalue weighted by molar-refractivity contribution is -0.138. The van der Waals surface area contributed by atoms with Crippen molar-refractivity contribution < 1.29 is 9.18 Å². The summed E-state index contributed by atoms with van der Waals surface area (Å²) in [5.41, 5.74) is 0.986. The zero-order valence-corrected chi connectivity index (χ0v) is 14.5. The fourth-order valence-electron chi connectivity index (χ4n) is 4.37. The third-order valence-corrected chi connectivity index (χ3v) is 6.74. The summed E-state index contributed by atoms with van der Waals surface area (Å²) in [7, 11) is 0. The molecule has 5 heteroatoms. The molecule has 1 spiro atoms. The molecule has 1 saturated carbocycles. The molecular weight excluding hydrogens is 311 g/mol. The van der Waals surface area contributed by atoms with Gasteiger partial charge in [0.15, 0.2) is 0 Å². The van der Waals surface area contributed by atoms with Crippen LogP contribution in [0.15, 0.2) is 16.8 Å². The van der Waals surface area contributed by atoms with Gasteiger partial charge in [0, 0.05) is 37.5 Å². The summed E-state index contributed by atoms with van der Waals surface area (Å²) in [6, 6.07) is 2.15. The molecule has 3 nitrogen and oxygen atoms in total. The highest BCUT2D eigenvalue weighted by atomic mass is 32.1. The van der Waals surface area contributed by atoms with Crippen LogP contribution in [0.5, 0.6) is 0 Å². The minimum Gasteiger partial charge on any atom is -0.342 e. The Labute approximate surface area is 141 Å². The van der Waals surface area contributed by atoms with Gasteiger partial charge in [0.05, 0.1) is 0 Å². The van der Waals surface area contributed by atoms with Crippen molar-refractivity contribution in [1.82, 2.24) is 9.80 Å². The minimum absolute atomic E-state index is 0.214. The Morgan fingerprint density at radius 1 is 1.43 bits per heavy atom. The molecule has 126 valence electrons. The molecule has 23 heavy (non-hydrogen) atoms. The van der Waals surface area contributed by atoms with Crippen LogP contribution in [0.25, 0.3) is 0 Å². The first kappa shape index (κ1) is 15.6. The lowest BCUT2D eigenvalue weighted by Crippen LogP contribution is -2.53. The molecule has 0 aromatic carbocycles. The summed E-state index contributed by atoms with van der Waals surface area (Å²) < 4.78 is 14.8. The minimum atomic E-state index is -0.768. The summed E-state index contributed by atoms with van der Waals surface area (Å²) in [5, 5.41) is 4.26. The highest BCUT2D eigenvalue weighted by Crippen LogP contribution is 2.44. The Morgan fingerprint density at radius 3 is 2.96 bits per heavy atom. The van der Waals surface area contributed by atoms with Crippen LogP contribution in [-0.4, -0.2) is 48.1 Å². The maximum Gasteiger partial charge on any atom is 0.225 e. The van der Waals surface area contributed by atoms with E-state index < -0.39 is 6.17 Å². The Morgan fingerprint density at radius 2 is 2.26 bits per heavy atom. The molecule has 2 aliphatic heterocycles. The van der Waals surface area contributed by atoms with Crippen LogP contribution >= 0.6 is 11.3 Å². The fraction of sp³-hybridized carbons (Fsp3) is 0.722. The van der Waals surface area contributed by atoms with Crippen LogP contribution in [0, 0.1) is 17.3 Å². The smallest absolute Gasteiger partial charge is 0.225 e. The summed E-state index contributed by atoms with van der Waals surface area (Å²) >= 11 is 1.71. The predicted octanol–water partition coefficient (Wildman–Crippen LogP) is 3.17. The van der Waals surface area contributed by atoms with E-state index in [9.17, 15) is 9.18 Å². The van der Waals surface area contributed by atoms with Crippen molar-refractivity contribution in [3.05, 3.63) is 22.4 Å². The van der Waals surface area contributed by atoms with Crippen LogP contribution in [0.4, 0.5) is 4.39 Å². The SMILES string of the molecule is C[C@@H]1C[C@@H]1C(=O)N1CC[C@H](F)[C@]2(CCN(Cc3ccsc3)C2)C1. The van der Waals surface area contributed by atoms with Gasteiger partial charge >= 0.3 is 0 Å². The summed E-state index contributed by atoms with van der Waals surface area (Å²) in [6.45, 7) is 6.00. The van der Waals surface area contributed by atoms with Crippen molar-refractivity contribution >= 4 is 17.2 Å². The van der Waals surface area contributed by atoms with Crippen LogP contribution in [-0.2, 0) is 11.3 Å². The maximum absolute atomic E-state index is 14.8. The zero-order chi connectivity index (χ0) is 16.0. The summed E-state index contributed by atoms with van der Waals surface area (Å²) in [6.07, 6.45) is 1.64. The monoisotopic (exact) mass is 336 g/mol. The highest BCUT2D eigenvalue weighted by Gasteiger charge is 2.51. The number of carbonyl (C=O) groups excluding carboxylic acids is 1. The number of amides is 1. The van der Waals surface area contributed by atoms with Gasteiger partial charge in [-0.15, -0.1) is 0 Å². The van der Waals surface area contributed by atoms with E-state index in [1.54, 1.807) is 11.3 Å². The topological polar surface area (TPSA) is 23.6 Å². The molecular formula is C18H25FN2OS. The third kappa shape index (κ3) is 2.93. The number of alkyl halides is 1. The Balaban J connectivity index is 1.42. The molecule has 0 unspecified atom stereocenters. The van der Waals surface area contributed by atoms with Crippen LogP contribution < -0.4 is 0 Å². The van der Waals surface area contributed by atoms with Gasteiger partial charge in [0.2, 0.25) is 5.91 Å². The molecule has 2 saturated heterocycles. The van der Waals surface area contributed by atoms with E-state index >= 15 is 0 Å². The predicted molar refractivity (Wildman–Crippen MR) is 90.0 cm³/mol. The average Bonchev–Trinajstić information content (AvgIpc) is 2.92. The molecule has 1 aliphatic carbocycles. The van der Waals surface area contributed by atoms with Crippen molar-refractivity contribution in [2.75, 3.05) is 26.2 Å². The quantitative estimate of drug-likeness (QED) is 0.846. The van der Waals surface area contributed by atoms with Crippen molar-refractivity contribution in [2.24, 2.45) is 17.3 Å². The number of hydrogen-bond acceptors (Lipinski definition) is 3. The van der Waals surface area contributed by atoms with Crippen molar-refractivity contribution in [3.8, 4) is 0 Å². The van der Waals surface area contributed by atoms with Crippen molar-refractivity contribution in [2.45, 2.75) is 38.9 Å².